The minimum absolute atomic E-state index is 0.0108. The summed E-state index contributed by atoms with van der Waals surface area (Å²) in [6, 6.07) is 9.11. The first kappa shape index (κ1) is 59.1. The summed E-state index contributed by atoms with van der Waals surface area (Å²) in [6.07, 6.45) is -0.724. The first-order valence-electron chi connectivity index (χ1n) is 25.9. The number of ether oxygens (including phenoxy) is 3. The average molecular weight is 1080 g/mol. The smallest absolute Gasteiger partial charge is 0.415 e. The number of nitrogens with two attached hydrogens (primary N) is 1. The molecule has 0 bridgehead atoms. The Balaban J connectivity index is 1.01. The Morgan fingerprint density at radius 1 is 0.872 bits per heavy atom. The first-order chi connectivity index (χ1) is 36.9. The van der Waals surface area contributed by atoms with Gasteiger partial charge in [-0.3, -0.25) is 24.0 Å². The number of primary amides is 1. The molecule has 420 valence electrons. The summed E-state index contributed by atoms with van der Waals surface area (Å²) >= 11 is 0. The molecule has 0 saturated carbocycles. The van der Waals surface area contributed by atoms with Crippen LogP contribution in [0.3, 0.4) is 0 Å². The van der Waals surface area contributed by atoms with Crippen LogP contribution in [0, 0.1) is 5.92 Å². The van der Waals surface area contributed by atoms with Crippen LogP contribution in [0.5, 0.6) is 5.75 Å². The van der Waals surface area contributed by atoms with Gasteiger partial charge < -0.3 is 71.1 Å². The van der Waals surface area contributed by atoms with E-state index in [0.717, 1.165) is 16.5 Å². The molecule has 2 aliphatic rings. The summed E-state index contributed by atoms with van der Waals surface area (Å²) in [7, 11) is 3.04. The molecule has 2 aliphatic heterocycles. The van der Waals surface area contributed by atoms with Crippen LogP contribution < -0.4 is 42.6 Å². The van der Waals surface area contributed by atoms with Crippen LogP contribution in [0.15, 0.2) is 53.3 Å². The number of anilines is 1. The number of hydrogen-bond acceptors (Lipinski definition) is 15. The van der Waals surface area contributed by atoms with E-state index in [-0.39, 0.29) is 100.0 Å². The van der Waals surface area contributed by atoms with E-state index in [1.807, 2.05) is 6.92 Å². The molecule has 0 fully saturated rings. The highest BCUT2D eigenvalue weighted by Gasteiger charge is 2.45. The number of aliphatic hydroxyl groups is 1. The van der Waals surface area contributed by atoms with Crippen molar-refractivity contribution in [3.05, 3.63) is 86.7 Å². The SMILES string of the molecule is CCc1c2c(nc3ccc(OC(=O)N(C)CCN(C)C(=O)OCc4ccc(NC(=O)[C@H](CCCNC(N)=O)NC(=O)[C@@H](NC(=O)[C@H](CCC(=O)O)NC(C)C)C(C)C)cc4)cc13)-c1cc3c(c(=O)n1C2)COC(=O)[C@]3(O)CC. The number of pyridine rings is 2. The number of aromatic nitrogens is 2. The highest BCUT2D eigenvalue weighted by Crippen LogP contribution is 2.41. The van der Waals surface area contributed by atoms with Crippen molar-refractivity contribution in [2.24, 2.45) is 11.7 Å². The second-order valence-corrected chi connectivity index (χ2v) is 20.0. The van der Waals surface area contributed by atoms with Crippen molar-refractivity contribution < 1.29 is 62.8 Å². The van der Waals surface area contributed by atoms with Crippen LogP contribution in [0.2, 0.25) is 0 Å². The number of hydrogen-bond donors (Lipinski definition) is 8. The van der Waals surface area contributed by atoms with Gasteiger partial charge in [-0.1, -0.05) is 53.7 Å². The molecule has 24 nitrogen and oxygen atoms in total. The van der Waals surface area contributed by atoms with Crippen molar-refractivity contribution in [3.63, 3.8) is 0 Å². The molecule has 0 aliphatic carbocycles. The molecule has 4 atom stereocenters. The molecule has 2 aromatic carbocycles. The van der Waals surface area contributed by atoms with Crippen LogP contribution in [0.4, 0.5) is 20.1 Å². The lowest BCUT2D eigenvalue weighted by Crippen LogP contribution is -2.58. The quantitative estimate of drug-likeness (QED) is 0.0323. The van der Waals surface area contributed by atoms with Gasteiger partial charge in [0.05, 0.1) is 35.1 Å². The number of nitrogens with zero attached hydrogens (tertiary/aromatic N) is 4. The minimum atomic E-state index is -1.95. The molecule has 9 N–H and O–H groups in total. The molecule has 0 spiro atoms. The number of carbonyl (C=O) groups excluding carboxylic acids is 7. The largest absolute Gasteiger partial charge is 0.481 e. The first-order valence-corrected chi connectivity index (χ1v) is 25.9. The maximum atomic E-state index is 13.7. The number of rotatable bonds is 24. The van der Waals surface area contributed by atoms with E-state index in [1.54, 1.807) is 87.7 Å². The molecule has 78 heavy (non-hydrogen) atoms. The molecule has 24 heteroatoms. The average Bonchev–Trinajstić information content (AvgIpc) is 3.81. The number of amides is 7. The van der Waals surface area contributed by atoms with Crippen molar-refractivity contribution in [2.45, 2.75) is 130 Å². The summed E-state index contributed by atoms with van der Waals surface area (Å²) in [5, 5.41) is 34.9. The third-order valence-electron chi connectivity index (χ3n) is 13.7. The summed E-state index contributed by atoms with van der Waals surface area (Å²) < 4.78 is 18.0. The van der Waals surface area contributed by atoms with Crippen molar-refractivity contribution >= 4 is 64.5 Å². The summed E-state index contributed by atoms with van der Waals surface area (Å²) in [5.41, 5.74) is 7.60. The van der Waals surface area contributed by atoms with E-state index in [9.17, 15) is 53.4 Å². The Morgan fingerprint density at radius 3 is 2.19 bits per heavy atom. The van der Waals surface area contributed by atoms with E-state index in [4.69, 9.17) is 24.9 Å². The lowest BCUT2D eigenvalue weighted by Gasteiger charge is -2.31. The van der Waals surface area contributed by atoms with Gasteiger partial charge in [0.1, 0.15) is 31.0 Å². The summed E-state index contributed by atoms with van der Waals surface area (Å²) in [5.74, 6) is -3.86. The van der Waals surface area contributed by atoms with Gasteiger partial charge in [0, 0.05) is 68.4 Å². The summed E-state index contributed by atoms with van der Waals surface area (Å²) in [6.45, 7) is 10.8. The molecule has 4 heterocycles. The van der Waals surface area contributed by atoms with Crippen molar-refractivity contribution in [2.75, 3.05) is 39.0 Å². The zero-order chi connectivity index (χ0) is 57.2. The number of aryl methyl sites for hydroxylation is 1. The number of benzene rings is 2. The Morgan fingerprint density at radius 2 is 1.56 bits per heavy atom. The maximum Gasteiger partial charge on any atom is 0.415 e. The Labute approximate surface area is 450 Å². The normalized spacial score (nSPS) is 15.4. The van der Waals surface area contributed by atoms with Crippen molar-refractivity contribution in [1.29, 1.82) is 0 Å². The predicted molar refractivity (Wildman–Crippen MR) is 285 cm³/mol. The fourth-order valence-electron chi connectivity index (χ4n) is 9.24. The van der Waals surface area contributed by atoms with Gasteiger partial charge in [-0.05, 0) is 85.5 Å². The number of fused-ring (bicyclic) bond motifs is 5. The van der Waals surface area contributed by atoms with Crippen LogP contribution in [-0.2, 0) is 65.2 Å². The van der Waals surface area contributed by atoms with Gasteiger partial charge in [0.2, 0.25) is 17.7 Å². The van der Waals surface area contributed by atoms with Crippen LogP contribution in [-0.4, -0.2) is 135 Å². The number of cyclic esters (lactones) is 1. The maximum absolute atomic E-state index is 13.7. The number of aliphatic carboxylic acids is 1. The zero-order valence-corrected chi connectivity index (χ0v) is 45.2. The zero-order valence-electron chi connectivity index (χ0n) is 45.2. The molecule has 0 radical (unpaired) electrons. The van der Waals surface area contributed by atoms with Gasteiger partial charge in [0.15, 0.2) is 5.60 Å². The van der Waals surface area contributed by atoms with Crippen molar-refractivity contribution in [3.8, 4) is 17.1 Å². The highest BCUT2D eigenvalue weighted by molar-refractivity contribution is 5.99. The standard InChI is InChI=1S/C54H70N10O14/c1-9-34-35-24-33(17-18-39(35)59-45-36(34)26-64-42(45)25-38-37(49(64)70)28-76-50(71)54(38,75)10-2)78-53(74)63(8)23-22-62(7)52(73)77-27-31-13-15-32(16-14-31)58-46(67)40(12-11-21-56-51(55)72)60-48(69)44(29(3)4)61-47(68)41(57-30(5)6)19-20-43(65)66/h13-18,24-25,29-30,40-41,44,57,75H,9-12,19-23,26-28H2,1-8H3,(H,58,67)(H,60,69)(H,61,68)(H,65,66)(H3,55,56,72)/t40-,41-,44-,54-/m0/s1. The van der Waals surface area contributed by atoms with Gasteiger partial charge in [0.25, 0.3) is 5.56 Å². The Kier molecular flexibility index (Phi) is 19.6. The molecule has 0 unspecified atom stereocenters. The van der Waals surface area contributed by atoms with Crippen LogP contribution >= 0.6 is 0 Å². The number of nitrogens with one attached hydrogen (secondary N) is 5. The molecular formula is C54H70N10O14. The fraction of sp³-hybridized carbons (Fsp3) is 0.481. The minimum Gasteiger partial charge on any atom is -0.481 e. The number of esters is 1. The number of carboxylic acid groups (broad SMARTS) is 1. The van der Waals surface area contributed by atoms with Gasteiger partial charge in [-0.2, -0.15) is 0 Å². The van der Waals surface area contributed by atoms with E-state index in [1.165, 1.54) is 23.9 Å². The lowest BCUT2D eigenvalue weighted by molar-refractivity contribution is -0.172. The molecule has 6 rings (SSSR count). The van der Waals surface area contributed by atoms with Gasteiger partial charge >= 0.3 is 30.2 Å². The number of urea groups is 1. The molecule has 4 aromatic rings. The third-order valence-corrected chi connectivity index (χ3v) is 13.7. The Hall–Kier alpha value is -8.12. The highest BCUT2D eigenvalue weighted by atomic mass is 16.6. The number of carbonyl (C=O) groups is 8. The second kappa shape index (κ2) is 25.8. The topological polar surface area (TPSA) is 332 Å². The van der Waals surface area contributed by atoms with E-state index >= 15 is 0 Å². The van der Waals surface area contributed by atoms with E-state index < -0.39 is 77.5 Å². The summed E-state index contributed by atoms with van der Waals surface area (Å²) in [4.78, 5) is 123. The molecule has 7 amide bonds. The van der Waals surface area contributed by atoms with Crippen LogP contribution in [0.25, 0.3) is 22.3 Å². The van der Waals surface area contributed by atoms with E-state index in [2.05, 4.69) is 26.6 Å². The lowest BCUT2D eigenvalue weighted by atomic mass is 9.86. The predicted octanol–water partition coefficient (Wildman–Crippen LogP) is 3.59. The molecule has 0 saturated heterocycles. The van der Waals surface area contributed by atoms with Crippen molar-refractivity contribution in [1.82, 2.24) is 40.6 Å². The fourth-order valence-corrected chi connectivity index (χ4v) is 9.24. The monoisotopic (exact) mass is 1080 g/mol. The Bertz CT molecular complexity index is 3000. The van der Waals surface area contributed by atoms with Crippen LogP contribution in [0.1, 0.15) is 101 Å². The van der Waals surface area contributed by atoms with E-state index in [0.29, 0.717) is 34.6 Å². The second-order valence-electron chi connectivity index (χ2n) is 20.0. The molecule has 2 aromatic heterocycles. The molecular weight excluding hydrogens is 1010 g/mol. The van der Waals surface area contributed by atoms with Gasteiger partial charge in [-0.25, -0.2) is 24.2 Å². The number of likely N-dealkylation sites (N-methyl/N-ethyl adjacent to an activating group) is 2. The number of carboxylic acids is 1. The third kappa shape index (κ3) is 14.1. The van der Waals surface area contributed by atoms with Gasteiger partial charge in [-0.15, -0.1) is 0 Å².